The number of rotatable bonds is 6. The quantitative estimate of drug-likeness (QED) is 0.572. The predicted molar refractivity (Wildman–Crippen MR) is 107 cm³/mol. The molecule has 3 heterocycles. The maximum absolute atomic E-state index is 4.66. The smallest absolute Gasteiger partial charge is 0.180 e. The van der Waals surface area contributed by atoms with Crippen molar-refractivity contribution < 1.29 is 0 Å². The molecule has 1 N–H and O–H groups in total. The Bertz CT molecular complexity index is 1040. The van der Waals surface area contributed by atoms with E-state index in [0.717, 1.165) is 29.3 Å². The topological polar surface area (TPSA) is 58.4 Å². The molecule has 4 aromatic rings. The van der Waals surface area contributed by atoms with Gasteiger partial charge in [0.15, 0.2) is 11.5 Å². The molecule has 0 aliphatic carbocycles. The highest BCUT2D eigenvalue weighted by Crippen LogP contribution is 2.27. The van der Waals surface area contributed by atoms with Crippen LogP contribution in [0.3, 0.4) is 0 Å². The number of pyridine rings is 1. The van der Waals surface area contributed by atoms with Gasteiger partial charge in [-0.05, 0) is 31.3 Å². The van der Waals surface area contributed by atoms with Gasteiger partial charge in [0, 0.05) is 43.4 Å². The number of imidazole rings is 1. The summed E-state index contributed by atoms with van der Waals surface area (Å²) < 4.78 is 2.09. The van der Waals surface area contributed by atoms with E-state index < -0.39 is 0 Å². The largest absolute Gasteiger partial charge is 0.363 e. The van der Waals surface area contributed by atoms with Gasteiger partial charge in [-0.3, -0.25) is 9.38 Å². The van der Waals surface area contributed by atoms with E-state index >= 15 is 0 Å². The summed E-state index contributed by atoms with van der Waals surface area (Å²) in [5.41, 5.74) is 5.38. The number of aromatic nitrogens is 4. The zero-order chi connectivity index (χ0) is 18.6. The molecule has 0 saturated heterocycles. The van der Waals surface area contributed by atoms with Gasteiger partial charge in [-0.15, -0.1) is 0 Å². The second-order valence-electron chi connectivity index (χ2n) is 6.72. The van der Waals surface area contributed by atoms with Gasteiger partial charge < -0.3 is 10.2 Å². The van der Waals surface area contributed by atoms with Gasteiger partial charge in [0.2, 0.25) is 0 Å². The van der Waals surface area contributed by atoms with Crippen molar-refractivity contribution in [2.24, 2.45) is 0 Å². The molecule has 0 aliphatic heterocycles. The molecule has 0 saturated carbocycles. The number of nitrogens with one attached hydrogen (secondary N) is 1. The lowest BCUT2D eigenvalue weighted by atomic mass is 10.0. The number of hydrogen-bond donors (Lipinski definition) is 1. The average molecular weight is 358 g/mol. The fourth-order valence-electron chi connectivity index (χ4n) is 3.18. The third-order valence-electron chi connectivity index (χ3n) is 4.39. The molecule has 0 aliphatic rings. The fraction of sp³-hybridized carbons (Fsp3) is 0.190. The third kappa shape index (κ3) is 3.66. The summed E-state index contributed by atoms with van der Waals surface area (Å²) in [5, 5.41) is 3.37. The summed E-state index contributed by atoms with van der Waals surface area (Å²) in [6, 6.07) is 12.4. The van der Waals surface area contributed by atoms with Crippen LogP contribution in [-0.2, 0) is 13.1 Å². The first-order chi connectivity index (χ1) is 13.2. The minimum absolute atomic E-state index is 0.653. The summed E-state index contributed by atoms with van der Waals surface area (Å²) in [7, 11) is 4.15. The Kier molecular flexibility index (Phi) is 4.80. The lowest BCUT2D eigenvalue weighted by molar-refractivity contribution is 0.403. The number of nitrogens with zero attached hydrogens (tertiary/aromatic N) is 5. The Hall–Kier alpha value is -3.25. The van der Waals surface area contributed by atoms with Crippen LogP contribution in [0, 0.1) is 0 Å². The molecule has 27 heavy (non-hydrogen) atoms. The molecular formula is C21H22N6. The van der Waals surface area contributed by atoms with E-state index in [9.17, 15) is 0 Å². The van der Waals surface area contributed by atoms with E-state index in [1.807, 2.05) is 36.9 Å². The van der Waals surface area contributed by atoms with Crippen LogP contribution in [0.4, 0.5) is 5.82 Å². The molecule has 1 aromatic carbocycles. The minimum atomic E-state index is 0.653. The molecule has 6 nitrogen and oxygen atoms in total. The summed E-state index contributed by atoms with van der Waals surface area (Å²) in [6.45, 7) is 1.52. The number of hydrogen-bond acceptors (Lipinski definition) is 5. The lowest BCUT2D eigenvalue weighted by Gasteiger charge is -2.16. The van der Waals surface area contributed by atoms with E-state index in [1.54, 1.807) is 6.20 Å². The first-order valence-corrected chi connectivity index (χ1v) is 8.90. The normalized spacial score (nSPS) is 11.2. The molecular weight excluding hydrogens is 336 g/mol. The molecule has 0 bridgehead atoms. The molecule has 6 heteroatoms. The molecule has 0 amide bonds. The van der Waals surface area contributed by atoms with Crippen LogP contribution >= 0.6 is 0 Å². The maximum atomic E-state index is 4.66. The third-order valence-corrected chi connectivity index (χ3v) is 4.39. The van der Waals surface area contributed by atoms with Crippen LogP contribution in [0.15, 0.2) is 67.4 Å². The van der Waals surface area contributed by atoms with Gasteiger partial charge in [-0.2, -0.15) is 0 Å². The van der Waals surface area contributed by atoms with Gasteiger partial charge in [0.25, 0.3) is 0 Å². The van der Waals surface area contributed by atoms with Gasteiger partial charge >= 0.3 is 0 Å². The first-order valence-electron chi connectivity index (χ1n) is 8.90. The van der Waals surface area contributed by atoms with Gasteiger partial charge in [0.05, 0.1) is 11.9 Å². The zero-order valence-electron chi connectivity index (χ0n) is 15.5. The number of benzene rings is 1. The zero-order valence-corrected chi connectivity index (χ0v) is 15.5. The maximum Gasteiger partial charge on any atom is 0.180 e. The molecule has 0 fully saturated rings. The Morgan fingerprint density at radius 3 is 2.70 bits per heavy atom. The highest BCUT2D eigenvalue weighted by atomic mass is 15.1. The first kappa shape index (κ1) is 17.2. The standard InChI is InChI=1S/C21H22N6/c1-26(2)15-17-7-3-4-8-18(17)19-14-25-20(21-23-10-11-27(19)21)24-13-16-6-5-9-22-12-16/h3-12,14H,13,15H2,1-2H3,(H,24,25). The van der Waals surface area contributed by atoms with Crippen LogP contribution in [0.5, 0.6) is 0 Å². The number of anilines is 1. The Morgan fingerprint density at radius 1 is 1.00 bits per heavy atom. The second kappa shape index (κ2) is 7.55. The van der Waals surface area contributed by atoms with Crippen LogP contribution in [0.25, 0.3) is 16.9 Å². The van der Waals surface area contributed by atoms with Crippen molar-refractivity contribution in [2.45, 2.75) is 13.1 Å². The Morgan fingerprint density at radius 2 is 1.89 bits per heavy atom. The van der Waals surface area contributed by atoms with Crippen molar-refractivity contribution in [3.8, 4) is 11.3 Å². The van der Waals surface area contributed by atoms with E-state index in [1.165, 1.54) is 11.1 Å². The highest BCUT2D eigenvalue weighted by molar-refractivity contribution is 5.72. The van der Waals surface area contributed by atoms with Crippen molar-refractivity contribution in [3.63, 3.8) is 0 Å². The molecule has 0 radical (unpaired) electrons. The second-order valence-corrected chi connectivity index (χ2v) is 6.72. The Balaban J connectivity index is 1.70. The molecule has 0 spiro atoms. The van der Waals surface area contributed by atoms with Crippen LogP contribution in [0.2, 0.25) is 0 Å². The van der Waals surface area contributed by atoms with E-state index in [0.29, 0.717) is 6.54 Å². The van der Waals surface area contributed by atoms with Crippen LogP contribution < -0.4 is 5.32 Å². The molecule has 136 valence electrons. The van der Waals surface area contributed by atoms with Gasteiger partial charge in [-0.1, -0.05) is 30.3 Å². The lowest BCUT2D eigenvalue weighted by Crippen LogP contribution is -2.12. The summed E-state index contributed by atoms with van der Waals surface area (Å²) >= 11 is 0. The summed E-state index contributed by atoms with van der Waals surface area (Å²) in [4.78, 5) is 15.5. The van der Waals surface area contributed by atoms with Crippen LogP contribution in [0.1, 0.15) is 11.1 Å². The van der Waals surface area contributed by atoms with Crippen molar-refractivity contribution in [1.29, 1.82) is 0 Å². The average Bonchev–Trinajstić information content (AvgIpc) is 3.17. The van der Waals surface area contributed by atoms with Crippen LogP contribution in [-0.4, -0.2) is 38.3 Å². The van der Waals surface area contributed by atoms with Crippen molar-refractivity contribution in [3.05, 3.63) is 78.5 Å². The van der Waals surface area contributed by atoms with Crippen molar-refractivity contribution in [1.82, 2.24) is 24.3 Å². The van der Waals surface area contributed by atoms with Crippen molar-refractivity contribution in [2.75, 3.05) is 19.4 Å². The number of fused-ring (bicyclic) bond motifs is 1. The highest BCUT2D eigenvalue weighted by Gasteiger charge is 2.13. The minimum Gasteiger partial charge on any atom is -0.363 e. The van der Waals surface area contributed by atoms with E-state index in [-0.39, 0.29) is 0 Å². The van der Waals surface area contributed by atoms with Gasteiger partial charge in [0.1, 0.15) is 0 Å². The van der Waals surface area contributed by atoms with E-state index in [2.05, 4.69) is 67.9 Å². The van der Waals surface area contributed by atoms with E-state index in [4.69, 9.17) is 0 Å². The predicted octanol–water partition coefficient (Wildman–Crippen LogP) is 3.47. The molecule has 3 aromatic heterocycles. The summed E-state index contributed by atoms with van der Waals surface area (Å²) in [5.74, 6) is 0.762. The molecule has 0 unspecified atom stereocenters. The fourth-order valence-corrected chi connectivity index (χ4v) is 3.18. The molecule has 0 atom stereocenters. The Labute approximate surface area is 158 Å². The van der Waals surface area contributed by atoms with Crippen molar-refractivity contribution >= 4 is 11.5 Å². The monoisotopic (exact) mass is 358 g/mol. The van der Waals surface area contributed by atoms with Gasteiger partial charge in [-0.25, -0.2) is 9.97 Å². The molecule has 4 rings (SSSR count). The SMILES string of the molecule is CN(C)Cc1ccccc1-c1cnc(NCc2cccnc2)c2nccn12. The summed E-state index contributed by atoms with van der Waals surface area (Å²) in [6.07, 6.45) is 9.32.